The summed E-state index contributed by atoms with van der Waals surface area (Å²) in [6.45, 7) is 0. The van der Waals surface area contributed by atoms with Crippen LogP contribution in [0.15, 0.2) is 315 Å². The number of hydrogen-bond acceptors (Lipinski definition) is 1. The lowest BCUT2D eigenvalue weighted by molar-refractivity contribution is 1.18. The molecular formula is C76H52N2. The van der Waals surface area contributed by atoms with Crippen LogP contribution in [-0.4, -0.2) is 4.57 Å². The third-order valence-corrected chi connectivity index (χ3v) is 15.3. The summed E-state index contributed by atoms with van der Waals surface area (Å²) in [5, 5.41) is 4.89. The van der Waals surface area contributed by atoms with E-state index >= 15 is 0 Å². The highest BCUT2D eigenvalue weighted by Crippen LogP contribution is 2.44. The van der Waals surface area contributed by atoms with Gasteiger partial charge in [0.05, 0.1) is 11.0 Å². The molecule has 13 aromatic carbocycles. The van der Waals surface area contributed by atoms with Crippen molar-refractivity contribution >= 4 is 49.6 Å². The van der Waals surface area contributed by atoms with Gasteiger partial charge in [-0.15, -0.1) is 0 Å². The Bertz CT molecular complexity index is 4400. The van der Waals surface area contributed by atoms with Crippen molar-refractivity contribution in [3.63, 3.8) is 0 Å². The third kappa shape index (κ3) is 8.72. The minimum atomic E-state index is 1.08. The van der Waals surface area contributed by atoms with Crippen molar-refractivity contribution < 1.29 is 0 Å². The first-order chi connectivity index (χ1) is 38.7. The number of nitrogens with zero attached hydrogens (tertiary/aromatic N) is 2. The fourth-order valence-electron chi connectivity index (χ4n) is 11.6. The Morgan fingerprint density at radius 1 is 0.205 bits per heavy atom. The summed E-state index contributed by atoms with van der Waals surface area (Å²) in [6.07, 6.45) is 0. The van der Waals surface area contributed by atoms with E-state index in [0.717, 1.165) is 33.8 Å². The summed E-state index contributed by atoms with van der Waals surface area (Å²) in [4.78, 5) is 2.38. The summed E-state index contributed by atoms with van der Waals surface area (Å²) in [5.74, 6) is 0. The predicted molar refractivity (Wildman–Crippen MR) is 331 cm³/mol. The number of benzene rings is 13. The number of hydrogen-bond donors (Lipinski definition) is 0. The molecule has 0 unspecified atom stereocenters. The Kier molecular flexibility index (Phi) is 11.9. The molecule has 0 aliphatic carbocycles. The molecule has 0 spiro atoms. The van der Waals surface area contributed by atoms with Crippen LogP contribution in [0.3, 0.4) is 0 Å². The number of fused-ring (bicyclic) bond motifs is 4. The average molecular weight is 993 g/mol. The lowest BCUT2D eigenvalue weighted by Crippen LogP contribution is -2.10. The van der Waals surface area contributed by atoms with Crippen molar-refractivity contribution in [2.75, 3.05) is 4.90 Å². The van der Waals surface area contributed by atoms with Gasteiger partial charge in [0, 0.05) is 33.5 Å². The predicted octanol–water partition coefficient (Wildman–Crippen LogP) is 21.1. The van der Waals surface area contributed by atoms with E-state index < -0.39 is 0 Å². The molecular weight excluding hydrogens is 941 g/mol. The van der Waals surface area contributed by atoms with Gasteiger partial charge in [0.2, 0.25) is 0 Å². The lowest BCUT2D eigenvalue weighted by Gasteiger charge is -2.27. The van der Waals surface area contributed by atoms with Gasteiger partial charge in [-0.25, -0.2) is 0 Å². The molecule has 0 radical (unpaired) electrons. The fraction of sp³-hybridized carbons (Fsp3) is 0. The molecule has 0 atom stereocenters. The molecule has 14 aromatic rings. The molecule has 0 N–H and O–H groups in total. The van der Waals surface area contributed by atoms with Crippen molar-refractivity contribution in [2.24, 2.45) is 0 Å². The molecule has 78 heavy (non-hydrogen) atoms. The maximum Gasteiger partial charge on any atom is 0.0541 e. The van der Waals surface area contributed by atoms with E-state index in [-0.39, 0.29) is 0 Å². The van der Waals surface area contributed by atoms with Crippen molar-refractivity contribution in [3.8, 4) is 83.6 Å². The minimum absolute atomic E-state index is 1.08. The number of aromatic nitrogens is 1. The van der Waals surface area contributed by atoms with Crippen LogP contribution in [0, 0.1) is 0 Å². The molecule has 2 heteroatoms. The second-order valence-corrected chi connectivity index (χ2v) is 20.1. The van der Waals surface area contributed by atoms with Gasteiger partial charge in [0.15, 0.2) is 0 Å². The summed E-state index contributed by atoms with van der Waals surface area (Å²) in [7, 11) is 0. The largest absolute Gasteiger partial charge is 0.310 e. The molecule has 0 bridgehead atoms. The zero-order chi connectivity index (χ0) is 51.8. The van der Waals surface area contributed by atoms with Crippen LogP contribution in [0.5, 0.6) is 0 Å². The van der Waals surface area contributed by atoms with Gasteiger partial charge in [-0.3, -0.25) is 0 Å². The Labute approximate surface area is 455 Å². The number of para-hydroxylation sites is 2. The number of anilines is 3. The van der Waals surface area contributed by atoms with E-state index in [9.17, 15) is 0 Å². The zero-order valence-corrected chi connectivity index (χ0v) is 42.9. The first-order valence-corrected chi connectivity index (χ1v) is 26.8. The zero-order valence-electron chi connectivity index (χ0n) is 42.9. The van der Waals surface area contributed by atoms with Gasteiger partial charge in [0.1, 0.15) is 0 Å². The van der Waals surface area contributed by atoms with Crippen LogP contribution in [0.25, 0.3) is 116 Å². The van der Waals surface area contributed by atoms with Crippen molar-refractivity contribution in [2.45, 2.75) is 0 Å². The van der Waals surface area contributed by atoms with Crippen molar-refractivity contribution in [3.05, 3.63) is 315 Å². The van der Waals surface area contributed by atoms with Gasteiger partial charge >= 0.3 is 0 Å². The van der Waals surface area contributed by atoms with E-state index in [1.54, 1.807) is 0 Å². The molecule has 0 saturated carbocycles. The van der Waals surface area contributed by atoms with E-state index in [4.69, 9.17) is 0 Å². The topological polar surface area (TPSA) is 8.17 Å². The van der Waals surface area contributed by atoms with E-state index in [0.29, 0.717) is 0 Å². The Balaban J connectivity index is 0.876. The maximum absolute atomic E-state index is 2.47. The fourth-order valence-corrected chi connectivity index (χ4v) is 11.6. The van der Waals surface area contributed by atoms with Crippen LogP contribution < -0.4 is 4.90 Å². The van der Waals surface area contributed by atoms with Crippen LogP contribution in [0.2, 0.25) is 0 Å². The average Bonchev–Trinajstić information content (AvgIpc) is 3.87. The quantitative estimate of drug-likeness (QED) is 0.125. The molecule has 2 nitrogen and oxygen atoms in total. The summed E-state index contributed by atoms with van der Waals surface area (Å²) >= 11 is 0. The highest BCUT2D eigenvalue weighted by atomic mass is 15.1. The second-order valence-electron chi connectivity index (χ2n) is 20.1. The summed E-state index contributed by atoms with van der Waals surface area (Å²) < 4.78 is 2.47. The number of rotatable bonds is 11. The Morgan fingerprint density at radius 3 is 1.33 bits per heavy atom. The van der Waals surface area contributed by atoms with E-state index in [1.807, 2.05) is 0 Å². The lowest BCUT2D eigenvalue weighted by atomic mass is 9.93. The van der Waals surface area contributed by atoms with Crippen molar-refractivity contribution in [1.29, 1.82) is 0 Å². The van der Waals surface area contributed by atoms with E-state index in [2.05, 4.69) is 325 Å². The highest BCUT2D eigenvalue weighted by Gasteiger charge is 2.20. The molecule has 0 amide bonds. The maximum atomic E-state index is 2.47. The van der Waals surface area contributed by atoms with Crippen LogP contribution >= 0.6 is 0 Å². The van der Waals surface area contributed by atoms with Crippen LogP contribution in [0.4, 0.5) is 17.1 Å². The Hall–Kier alpha value is -10.3. The third-order valence-electron chi connectivity index (χ3n) is 15.3. The molecule has 0 saturated heterocycles. The smallest absolute Gasteiger partial charge is 0.0541 e. The SMILES string of the molecule is c1ccc(-c2cccc(-c3cc(-c4cccc5ccccc45)cc(-n4c5ccccc5c5cc(-c6ccccc6-c6ccc(N(c7ccccc7)c7cc(-c8ccccc8)cc(-c8ccccc8)c7)cc6)ccc54)c3)c2)cc1. The Morgan fingerprint density at radius 2 is 0.641 bits per heavy atom. The normalized spacial score (nSPS) is 11.3. The molecule has 0 aliphatic heterocycles. The van der Waals surface area contributed by atoms with Crippen LogP contribution in [0.1, 0.15) is 0 Å². The summed E-state index contributed by atoms with van der Waals surface area (Å²) in [6, 6.07) is 115. The van der Waals surface area contributed by atoms with Gasteiger partial charge in [-0.2, -0.15) is 0 Å². The van der Waals surface area contributed by atoms with Crippen LogP contribution in [-0.2, 0) is 0 Å². The molecule has 0 aliphatic rings. The molecule has 0 fully saturated rings. The monoisotopic (exact) mass is 992 g/mol. The first-order valence-electron chi connectivity index (χ1n) is 26.8. The van der Waals surface area contributed by atoms with Gasteiger partial charge < -0.3 is 9.47 Å². The molecule has 1 aromatic heterocycles. The van der Waals surface area contributed by atoms with Crippen molar-refractivity contribution in [1.82, 2.24) is 4.57 Å². The highest BCUT2D eigenvalue weighted by molar-refractivity contribution is 6.11. The standard InChI is InChI=1S/C76H52N2/c1-5-21-53(22-6-1)58-29-19-30-59(45-58)63-47-64(72-37-20-28-56-27-13-14-33-69(56)72)51-68(50-63)78-75-38-18-17-36-73(75)74-52-60(41-44-76(74)78)71-35-16-15-34-70(71)57-39-42-66(43-40-57)77(65-31-11-4-12-32-65)67-48-61(54-23-7-2-8-24-54)46-62(49-67)55-25-9-3-10-26-55/h1-52H. The molecule has 14 rings (SSSR count). The second kappa shape index (κ2) is 20.1. The minimum Gasteiger partial charge on any atom is -0.310 e. The van der Waals surface area contributed by atoms with Gasteiger partial charge in [-0.05, 0) is 174 Å². The van der Waals surface area contributed by atoms with E-state index in [1.165, 1.54) is 99.4 Å². The molecule has 1 heterocycles. The summed E-state index contributed by atoms with van der Waals surface area (Å²) in [5.41, 5.74) is 23.2. The van der Waals surface area contributed by atoms with Gasteiger partial charge in [0.25, 0.3) is 0 Å². The molecule has 366 valence electrons. The van der Waals surface area contributed by atoms with Gasteiger partial charge in [-0.1, -0.05) is 231 Å². The first kappa shape index (κ1) is 46.3.